The van der Waals surface area contributed by atoms with Gasteiger partial charge >= 0.3 is 0 Å². The molecular weight excluding hydrogens is 258 g/mol. The smallest absolute Gasteiger partial charge is 0.252 e. The van der Waals surface area contributed by atoms with Crippen LogP contribution >= 0.6 is 11.8 Å². The van der Waals surface area contributed by atoms with Gasteiger partial charge in [0.15, 0.2) is 0 Å². The van der Waals surface area contributed by atoms with Crippen molar-refractivity contribution in [1.29, 1.82) is 0 Å². The Morgan fingerprint density at radius 3 is 2.84 bits per heavy atom. The van der Waals surface area contributed by atoms with Crippen LogP contribution in [0.4, 0.5) is 0 Å². The van der Waals surface area contributed by atoms with Gasteiger partial charge in [0.2, 0.25) is 0 Å². The van der Waals surface area contributed by atoms with E-state index in [1.54, 1.807) is 11.8 Å². The summed E-state index contributed by atoms with van der Waals surface area (Å²) in [5, 5.41) is 12.3. The lowest BCUT2D eigenvalue weighted by Gasteiger charge is -2.18. The van der Waals surface area contributed by atoms with Crippen molar-refractivity contribution in [2.24, 2.45) is 11.8 Å². The largest absolute Gasteiger partial charge is 0.396 e. The summed E-state index contributed by atoms with van der Waals surface area (Å²) in [6.07, 6.45) is 5.33. The van der Waals surface area contributed by atoms with Gasteiger partial charge in [-0.15, -0.1) is 11.8 Å². The van der Waals surface area contributed by atoms with Gasteiger partial charge in [0.1, 0.15) is 0 Å². The van der Waals surface area contributed by atoms with Crippen molar-refractivity contribution in [2.75, 3.05) is 19.4 Å². The van der Waals surface area contributed by atoms with Crippen molar-refractivity contribution in [3.8, 4) is 0 Å². The van der Waals surface area contributed by atoms with Crippen molar-refractivity contribution < 1.29 is 9.90 Å². The molecule has 1 amide bonds. The summed E-state index contributed by atoms with van der Waals surface area (Å²) in [6.45, 7) is 0.911. The fourth-order valence-corrected chi connectivity index (χ4v) is 3.37. The van der Waals surface area contributed by atoms with E-state index in [1.165, 1.54) is 0 Å². The molecule has 2 N–H and O–H groups in total. The Morgan fingerprint density at radius 1 is 1.37 bits per heavy atom. The summed E-state index contributed by atoms with van der Waals surface area (Å²) in [7, 11) is 0. The predicted octanol–water partition coefficient (Wildman–Crippen LogP) is 2.55. The maximum atomic E-state index is 12.2. The molecule has 0 bridgehead atoms. The van der Waals surface area contributed by atoms with E-state index in [1.807, 2.05) is 30.5 Å². The van der Waals surface area contributed by atoms with E-state index in [9.17, 15) is 9.90 Å². The Labute approximate surface area is 118 Å². The highest BCUT2D eigenvalue weighted by Crippen LogP contribution is 2.30. The first-order valence-corrected chi connectivity index (χ1v) is 8.00. The zero-order valence-corrected chi connectivity index (χ0v) is 12.1. The molecule has 1 aliphatic carbocycles. The molecule has 0 spiro atoms. The van der Waals surface area contributed by atoms with Crippen molar-refractivity contribution in [2.45, 2.75) is 24.2 Å². The van der Waals surface area contributed by atoms with Crippen LogP contribution in [0, 0.1) is 11.8 Å². The number of rotatable bonds is 5. The molecule has 2 unspecified atom stereocenters. The second-order valence-corrected chi connectivity index (χ2v) is 5.89. The summed E-state index contributed by atoms with van der Waals surface area (Å²) in [5.41, 5.74) is 0.744. The number of benzene rings is 1. The number of aliphatic hydroxyl groups excluding tert-OH is 1. The average Bonchev–Trinajstić information content (AvgIpc) is 2.92. The van der Waals surface area contributed by atoms with Crippen molar-refractivity contribution in [3.05, 3.63) is 29.8 Å². The number of hydrogen-bond acceptors (Lipinski definition) is 3. The van der Waals surface area contributed by atoms with Crippen LogP contribution in [0.5, 0.6) is 0 Å². The van der Waals surface area contributed by atoms with E-state index in [-0.39, 0.29) is 12.5 Å². The molecule has 3 nitrogen and oxygen atoms in total. The lowest BCUT2D eigenvalue weighted by Crippen LogP contribution is -2.31. The monoisotopic (exact) mass is 279 g/mol. The molecule has 1 aromatic rings. The minimum atomic E-state index is -0.00598. The summed E-state index contributed by atoms with van der Waals surface area (Å²) in [6, 6.07) is 7.66. The van der Waals surface area contributed by atoms with Crippen molar-refractivity contribution in [3.63, 3.8) is 0 Å². The van der Waals surface area contributed by atoms with Gasteiger partial charge in [-0.05, 0) is 43.1 Å². The molecule has 4 heteroatoms. The number of nitrogens with one attached hydrogen (secondary N) is 1. The Morgan fingerprint density at radius 2 is 2.11 bits per heavy atom. The maximum Gasteiger partial charge on any atom is 0.252 e. The van der Waals surface area contributed by atoms with E-state index in [2.05, 4.69) is 5.32 Å². The molecule has 19 heavy (non-hydrogen) atoms. The van der Waals surface area contributed by atoms with Crippen molar-refractivity contribution >= 4 is 17.7 Å². The fraction of sp³-hybridized carbons (Fsp3) is 0.533. The van der Waals surface area contributed by atoms with Crippen LogP contribution in [0.2, 0.25) is 0 Å². The van der Waals surface area contributed by atoms with Gasteiger partial charge in [-0.2, -0.15) is 0 Å². The van der Waals surface area contributed by atoms with E-state index >= 15 is 0 Å². The number of thioether (sulfide) groups is 1. The predicted molar refractivity (Wildman–Crippen MR) is 78.5 cm³/mol. The maximum absolute atomic E-state index is 12.2. The van der Waals surface area contributed by atoms with E-state index < -0.39 is 0 Å². The van der Waals surface area contributed by atoms with Gasteiger partial charge in [-0.3, -0.25) is 4.79 Å². The number of aliphatic hydroxyl groups is 1. The molecule has 0 heterocycles. The van der Waals surface area contributed by atoms with Crippen LogP contribution in [0.3, 0.4) is 0 Å². The molecule has 1 aliphatic rings. The van der Waals surface area contributed by atoms with Crippen LogP contribution in [0.25, 0.3) is 0 Å². The molecule has 1 aromatic carbocycles. The molecule has 1 saturated carbocycles. The van der Waals surface area contributed by atoms with Gasteiger partial charge in [0.25, 0.3) is 5.91 Å². The minimum absolute atomic E-state index is 0.00598. The van der Waals surface area contributed by atoms with Gasteiger partial charge in [-0.1, -0.05) is 18.6 Å². The SMILES string of the molecule is CSc1ccccc1C(=O)NCC1CCCC1CO. The molecule has 104 valence electrons. The average molecular weight is 279 g/mol. The molecule has 0 aromatic heterocycles. The molecule has 2 rings (SSSR count). The molecule has 0 saturated heterocycles. The third kappa shape index (κ3) is 3.51. The van der Waals surface area contributed by atoms with Crippen LogP contribution in [-0.2, 0) is 0 Å². The third-order valence-corrected chi connectivity index (χ3v) is 4.72. The highest BCUT2D eigenvalue weighted by atomic mass is 32.2. The highest BCUT2D eigenvalue weighted by molar-refractivity contribution is 7.98. The lowest BCUT2D eigenvalue weighted by atomic mass is 9.97. The molecule has 0 aliphatic heterocycles. The zero-order chi connectivity index (χ0) is 13.7. The van der Waals surface area contributed by atoms with E-state index in [4.69, 9.17) is 0 Å². The summed E-state index contributed by atoms with van der Waals surface area (Å²) in [4.78, 5) is 13.2. The Hall–Kier alpha value is -1.00. The van der Waals surface area contributed by atoms with Gasteiger partial charge in [0, 0.05) is 18.0 Å². The minimum Gasteiger partial charge on any atom is -0.396 e. The zero-order valence-electron chi connectivity index (χ0n) is 11.3. The molecular formula is C15H21NO2S. The second kappa shape index (κ2) is 6.96. The molecule has 0 radical (unpaired) electrons. The Kier molecular flexibility index (Phi) is 5.28. The first-order valence-electron chi connectivity index (χ1n) is 6.78. The molecule has 2 atom stereocenters. The summed E-state index contributed by atoms with van der Waals surface area (Å²) < 4.78 is 0. The van der Waals surface area contributed by atoms with E-state index in [0.717, 1.165) is 29.7 Å². The number of hydrogen-bond donors (Lipinski definition) is 2. The Balaban J connectivity index is 1.94. The Bertz CT molecular complexity index is 436. The topological polar surface area (TPSA) is 49.3 Å². The van der Waals surface area contributed by atoms with Crippen molar-refractivity contribution in [1.82, 2.24) is 5.32 Å². The highest BCUT2D eigenvalue weighted by Gasteiger charge is 2.26. The number of amides is 1. The quantitative estimate of drug-likeness (QED) is 0.814. The van der Waals surface area contributed by atoms with Crippen LogP contribution < -0.4 is 5.32 Å². The number of carbonyl (C=O) groups is 1. The van der Waals surface area contributed by atoms with Gasteiger partial charge in [0.05, 0.1) is 5.56 Å². The standard InChI is InChI=1S/C15H21NO2S/c1-19-14-8-3-2-7-13(14)15(18)16-9-11-5-4-6-12(11)10-17/h2-3,7-8,11-12,17H,4-6,9-10H2,1H3,(H,16,18). The summed E-state index contributed by atoms with van der Waals surface area (Å²) >= 11 is 1.59. The van der Waals surface area contributed by atoms with E-state index in [0.29, 0.717) is 18.4 Å². The first kappa shape index (κ1) is 14.4. The van der Waals surface area contributed by atoms with Gasteiger partial charge in [-0.25, -0.2) is 0 Å². The third-order valence-electron chi connectivity index (χ3n) is 3.93. The molecule has 1 fully saturated rings. The fourth-order valence-electron chi connectivity index (χ4n) is 2.77. The second-order valence-electron chi connectivity index (χ2n) is 5.04. The van der Waals surface area contributed by atoms with Crippen LogP contribution in [0.1, 0.15) is 29.6 Å². The van der Waals surface area contributed by atoms with Crippen LogP contribution in [0.15, 0.2) is 29.2 Å². The summed E-state index contributed by atoms with van der Waals surface area (Å²) in [5.74, 6) is 0.778. The first-order chi connectivity index (χ1) is 9.26. The number of carbonyl (C=O) groups excluding carboxylic acids is 1. The lowest BCUT2D eigenvalue weighted by molar-refractivity contribution is 0.0935. The normalized spacial score (nSPS) is 22.4. The van der Waals surface area contributed by atoms with Gasteiger partial charge < -0.3 is 10.4 Å². The van der Waals surface area contributed by atoms with Crippen LogP contribution in [-0.4, -0.2) is 30.4 Å².